The number of fused-ring (bicyclic) bond motifs is 2. The molecule has 1 aliphatic heterocycles. The SMILES string of the molecule is CCOc1cc(Cl)c(F)c(CNC(=O)c2cn3c(c(O)c2=O)C(=O)N(C)C[C@@]32C[C@@H]2COC)c1.Cl. The summed E-state index contributed by atoms with van der Waals surface area (Å²) < 4.78 is 26.6. The van der Waals surface area contributed by atoms with E-state index in [1.54, 1.807) is 21.1 Å². The van der Waals surface area contributed by atoms with Crippen LogP contribution in [0.15, 0.2) is 23.1 Å². The maximum atomic E-state index is 14.4. The number of methoxy groups -OCH3 is 1. The summed E-state index contributed by atoms with van der Waals surface area (Å²) in [5, 5.41) is 12.9. The lowest BCUT2D eigenvalue weighted by Crippen LogP contribution is -2.48. The van der Waals surface area contributed by atoms with Gasteiger partial charge in [0.25, 0.3) is 11.8 Å². The van der Waals surface area contributed by atoms with Crippen molar-refractivity contribution in [2.75, 3.05) is 33.9 Å². The molecular formula is C23H26Cl2FN3O6. The summed E-state index contributed by atoms with van der Waals surface area (Å²) in [6.45, 7) is 2.61. The van der Waals surface area contributed by atoms with Gasteiger partial charge in [0, 0.05) is 51.0 Å². The summed E-state index contributed by atoms with van der Waals surface area (Å²) in [5.74, 6) is -2.46. The van der Waals surface area contributed by atoms with Crippen LogP contribution in [0.5, 0.6) is 11.5 Å². The van der Waals surface area contributed by atoms with Crippen molar-refractivity contribution < 1.29 is 28.6 Å². The molecule has 1 aromatic heterocycles. The van der Waals surface area contributed by atoms with Gasteiger partial charge < -0.3 is 29.4 Å². The van der Waals surface area contributed by atoms with Crippen LogP contribution in [0.1, 0.15) is 39.8 Å². The first-order valence-electron chi connectivity index (χ1n) is 10.8. The third kappa shape index (κ3) is 4.57. The molecular weight excluding hydrogens is 504 g/mol. The molecule has 2 N–H and O–H groups in total. The first kappa shape index (κ1) is 26.8. The van der Waals surface area contributed by atoms with Crippen LogP contribution in [0.25, 0.3) is 0 Å². The number of pyridine rings is 1. The average molecular weight is 530 g/mol. The summed E-state index contributed by atoms with van der Waals surface area (Å²) in [7, 11) is 3.16. The van der Waals surface area contributed by atoms with Gasteiger partial charge in [0.05, 0.1) is 23.8 Å². The van der Waals surface area contributed by atoms with Gasteiger partial charge >= 0.3 is 0 Å². The number of aromatic nitrogens is 1. The Morgan fingerprint density at radius 2 is 2.09 bits per heavy atom. The Morgan fingerprint density at radius 3 is 2.74 bits per heavy atom. The molecule has 0 saturated heterocycles. The molecule has 0 unspecified atom stereocenters. The summed E-state index contributed by atoms with van der Waals surface area (Å²) in [5.41, 5.74) is -2.00. The minimum absolute atomic E-state index is 0. The van der Waals surface area contributed by atoms with Gasteiger partial charge in [-0.05, 0) is 19.4 Å². The zero-order valence-electron chi connectivity index (χ0n) is 19.4. The Bertz CT molecular complexity index is 1240. The highest BCUT2D eigenvalue weighted by Gasteiger charge is 2.60. The number of carbonyl (C=O) groups is 2. The molecule has 1 aromatic carbocycles. The van der Waals surface area contributed by atoms with E-state index in [1.165, 1.54) is 27.8 Å². The van der Waals surface area contributed by atoms with Crippen molar-refractivity contribution in [2.45, 2.75) is 25.4 Å². The van der Waals surface area contributed by atoms with Gasteiger partial charge in [0.1, 0.15) is 17.1 Å². The Morgan fingerprint density at radius 1 is 1.37 bits per heavy atom. The van der Waals surface area contributed by atoms with E-state index >= 15 is 0 Å². The van der Waals surface area contributed by atoms with Crippen LogP contribution in [0.3, 0.4) is 0 Å². The van der Waals surface area contributed by atoms with Gasteiger partial charge in [0.2, 0.25) is 5.43 Å². The second-order valence-electron chi connectivity index (χ2n) is 8.55. The lowest BCUT2D eigenvalue weighted by atomic mass is 10.0. The largest absolute Gasteiger partial charge is 0.503 e. The lowest BCUT2D eigenvalue weighted by Gasteiger charge is -2.35. The molecule has 0 bridgehead atoms. The first-order valence-corrected chi connectivity index (χ1v) is 11.1. The van der Waals surface area contributed by atoms with E-state index < -0.39 is 34.3 Å². The smallest absolute Gasteiger partial charge is 0.274 e. The fourth-order valence-corrected chi connectivity index (χ4v) is 4.83. The Kier molecular flexibility index (Phi) is 7.68. The number of nitrogens with zero attached hydrogens (tertiary/aromatic N) is 2. The number of likely N-dealkylation sites (N-methyl/N-ethyl adjacent to an activating group) is 1. The second-order valence-corrected chi connectivity index (χ2v) is 8.96. The van der Waals surface area contributed by atoms with Crippen LogP contribution < -0.4 is 15.5 Å². The molecule has 1 spiro atoms. The van der Waals surface area contributed by atoms with Crippen LogP contribution in [0, 0.1) is 11.7 Å². The van der Waals surface area contributed by atoms with E-state index in [9.17, 15) is 23.9 Å². The zero-order valence-corrected chi connectivity index (χ0v) is 21.0. The Labute approximate surface area is 212 Å². The molecule has 4 rings (SSSR count). The van der Waals surface area contributed by atoms with Gasteiger partial charge in [-0.1, -0.05) is 11.6 Å². The van der Waals surface area contributed by atoms with E-state index in [0.717, 1.165) is 0 Å². The highest BCUT2D eigenvalue weighted by molar-refractivity contribution is 6.31. The maximum absolute atomic E-state index is 14.4. The predicted molar refractivity (Wildman–Crippen MR) is 128 cm³/mol. The number of hydrogen-bond acceptors (Lipinski definition) is 6. The Hall–Kier alpha value is -2.82. The molecule has 9 nitrogen and oxygen atoms in total. The number of nitrogens with one attached hydrogen (secondary N) is 1. The van der Waals surface area contributed by atoms with Crippen LogP contribution in [-0.4, -0.2) is 60.3 Å². The fraction of sp³-hybridized carbons (Fsp3) is 0.435. The molecule has 190 valence electrons. The highest BCUT2D eigenvalue weighted by Crippen LogP contribution is 2.53. The summed E-state index contributed by atoms with van der Waals surface area (Å²) in [4.78, 5) is 39.9. The topological polar surface area (TPSA) is 110 Å². The monoisotopic (exact) mass is 529 g/mol. The second kappa shape index (κ2) is 10.0. The summed E-state index contributed by atoms with van der Waals surface area (Å²) in [6.07, 6.45) is 1.95. The minimum Gasteiger partial charge on any atom is -0.503 e. The number of carbonyl (C=O) groups excluding carboxylic acids is 2. The number of benzene rings is 1. The number of ether oxygens (including phenoxy) is 2. The van der Waals surface area contributed by atoms with E-state index in [-0.39, 0.29) is 46.7 Å². The van der Waals surface area contributed by atoms with Crippen LogP contribution in [-0.2, 0) is 16.8 Å². The third-order valence-electron chi connectivity index (χ3n) is 6.36. The first-order chi connectivity index (χ1) is 16.1. The van der Waals surface area contributed by atoms with E-state index in [1.807, 2.05) is 0 Å². The Balaban J connectivity index is 0.00000342. The number of halogens is 3. The fourth-order valence-electron chi connectivity index (χ4n) is 4.60. The molecule has 2 amide bonds. The van der Waals surface area contributed by atoms with Gasteiger partial charge in [0.15, 0.2) is 11.4 Å². The quantitative estimate of drug-likeness (QED) is 0.570. The van der Waals surface area contributed by atoms with E-state index in [4.69, 9.17) is 21.1 Å². The van der Waals surface area contributed by atoms with Gasteiger partial charge in [-0.25, -0.2) is 4.39 Å². The number of rotatable bonds is 7. The molecule has 2 aromatic rings. The van der Waals surface area contributed by atoms with Crippen molar-refractivity contribution >= 4 is 35.8 Å². The van der Waals surface area contributed by atoms with Crippen molar-refractivity contribution in [3.63, 3.8) is 0 Å². The minimum atomic E-state index is -0.979. The summed E-state index contributed by atoms with van der Waals surface area (Å²) in [6, 6.07) is 2.74. The van der Waals surface area contributed by atoms with E-state index in [2.05, 4.69) is 5.32 Å². The average Bonchev–Trinajstić information content (AvgIpc) is 3.47. The van der Waals surface area contributed by atoms with Crippen molar-refractivity contribution in [1.82, 2.24) is 14.8 Å². The maximum Gasteiger partial charge on any atom is 0.274 e. The molecule has 12 heteroatoms. The van der Waals surface area contributed by atoms with Crippen molar-refractivity contribution in [2.24, 2.45) is 5.92 Å². The molecule has 0 radical (unpaired) electrons. The van der Waals surface area contributed by atoms with Gasteiger partial charge in [-0.3, -0.25) is 14.4 Å². The molecule has 2 atom stereocenters. The molecule has 1 aliphatic carbocycles. The highest BCUT2D eigenvalue weighted by atomic mass is 35.5. The molecule has 35 heavy (non-hydrogen) atoms. The molecule has 1 fully saturated rings. The van der Waals surface area contributed by atoms with Gasteiger partial charge in [-0.2, -0.15) is 0 Å². The van der Waals surface area contributed by atoms with Crippen LogP contribution in [0.2, 0.25) is 5.02 Å². The van der Waals surface area contributed by atoms with Gasteiger partial charge in [-0.15, -0.1) is 12.4 Å². The normalized spacial score (nSPS) is 20.3. The number of aromatic hydroxyl groups is 1. The summed E-state index contributed by atoms with van der Waals surface area (Å²) >= 11 is 5.92. The standard InChI is InChI=1S/C23H25ClFN3O6.ClH/c1-4-34-14-5-12(17(25)16(24)6-14)8-26-21(31)15-9-28-18(20(30)19(15)29)22(32)27(2)11-23(28)7-13(23)10-33-3;/h5-6,9,13,30H,4,7-8,10-11H2,1-3H3,(H,26,31);1H/t13-,23-;/m1./s1. The van der Waals surface area contributed by atoms with Crippen molar-refractivity contribution in [3.8, 4) is 11.5 Å². The molecule has 2 aliphatic rings. The number of amides is 2. The zero-order chi connectivity index (χ0) is 24.8. The molecule has 1 saturated carbocycles. The van der Waals surface area contributed by atoms with Crippen LogP contribution >= 0.6 is 24.0 Å². The predicted octanol–water partition coefficient (Wildman–Crippen LogP) is 2.54. The van der Waals surface area contributed by atoms with Crippen molar-refractivity contribution in [1.29, 1.82) is 0 Å². The van der Waals surface area contributed by atoms with Crippen LogP contribution in [0.4, 0.5) is 4.39 Å². The molecule has 2 heterocycles. The lowest BCUT2D eigenvalue weighted by molar-refractivity contribution is 0.0664. The third-order valence-corrected chi connectivity index (χ3v) is 6.64. The number of hydrogen-bond donors (Lipinski definition) is 2. The van der Waals surface area contributed by atoms with Crippen molar-refractivity contribution in [3.05, 3.63) is 56.2 Å². The van der Waals surface area contributed by atoms with E-state index in [0.29, 0.717) is 31.9 Å².